The topological polar surface area (TPSA) is 75.8 Å². The third-order valence-corrected chi connectivity index (χ3v) is 9.25. The van der Waals surface area contributed by atoms with Crippen LogP contribution in [0.5, 0.6) is 0 Å². The highest BCUT2D eigenvalue weighted by atomic mass is 32.1. The minimum Gasteiger partial charge on any atom is -0.456 e. The van der Waals surface area contributed by atoms with Crippen LogP contribution in [0.15, 0.2) is 136 Å². The maximum Gasteiger partial charge on any atom is 0.227 e. The molecule has 6 aromatic carbocycles. The molecule has 3 aromatic heterocycles. The molecule has 0 bridgehead atoms. The van der Waals surface area contributed by atoms with Crippen LogP contribution in [0, 0.1) is 11.3 Å². The first-order valence-electron chi connectivity index (χ1n) is 14.5. The van der Waals surface area contributed by atoms with Gasteiger partial charge < -0.3 is 8.83 Å². The normalized spacial score (nSPS) is 11.5. The second-order valence-electron chi connectivity index (χ2n) is 11.0. The van der Waals surface area contributed by atoms with E-state index in [1.165, 1.54) is 0 Å². The molecule has 45 heavy (non-hydrogen) atoms. The first-order valence-corrected chi connectivity index (χ1v) is 15.3. The fourth-order valence-corrected chi connectivity index (χ4v) is 6.86. The van der Waals surface area contributed by atoms with Gasteiger partial charge in [-0.05, 0) is 107 Å². The number of thiazole rings is 1. The zero-order valence-electron chi connectivity index (χ0n) is 23.7. The molecule has 0 aliphatic rings. The van der Waals surface area contributed by atoms with Crippen molar-refractivity contribution in [2.24, 2.45) is 0 Å². The van der Waals surface area contributed by atoms with Gasteiger partial charge in [-0.1, -0.05) is 42.5 Å². The Morgan fingerprint density at radius 1 is 0.511 bits per heavy atom. The summed E-state index contributed by atoms with van der Waals surface area (Å²) in [6.45, 7) is 0. The average molecular weight is 596 g/mol. The lowest BCUT2D eigenvalue weighted by Crippen LogP contribution is -1.86. The van der Waals surface area contributed by atoms with Gasteiger partial charge in [0.1, 0.15) is 21.7 Å². The molecule has 9 aromatic rings. The number of hydrogen-bond acceptors (Lipinski definition) is 6. The van der Waals surface area contributed by atoms with Gasteiger partial charge in [-0.2, -0.15) is 5.26 Å². The van der Waals surface area contributed by atoms with Gasteiger partial charge >= 0.3 is 0 Å². The third kappa shape index (κ3) is 4.37. The number of hydrogen-bond donors (Lipinski definition) is 0. The fraction of sp³-hybridized carbons (Fsp3) is 0. The zero-order chi connectivity index (χ0) is 29.9. The van der Waals surface area contributed by atoms with E-state index in [0.717, 1.165) is 76.1 Å². The van der Waals surface area contributed by atoms with Gasteiger partial charge in [0.15, 0.2) is 5.58 Å². The molecule has 6 heteroatoms. The number of rotatable bonds is 4. The molecule has 3 heterocycles. The Bertz CT molecular complexity index is 2550. The summed E-state index contributed by atoms with van der Waals surface area (Å²) < 4.78 is 13.4. The van der Waals surface area contributed by atoms with Gasteiger partial charge in [-0.3, -0.25) is 0 Å². The summed E-state index contributed by atoms with van der Waals surface area (Å²) in [6, 6.07) is 45.1. The van der Waals surface area contributed by atoms with Crippen molar-refractivity contribution in [1.29, 1.82) is 5.26 Å². The van der Waals surface area contributed by atoms with Crippen molar-refractivity contribution in [3.63, 3.8) is 0 Å². The summed E-state index contributed by atoms with van der Waals surface area (Å²) in [7, 11) is 0. The fourth-order valence-electron chi connectivity index (χ4n) is 5.91. The van der Waals surface area contributed by atoms with E-state index in [2.05, 4.69) is 83.8 Å². The summed E-state index contributed by atoms with van der Waals surface area (Å²) in [4.78, 5) is 9.64. The quantitative estimate of drug-likeness (QED) is 0.202. The summed E-state index contributed by atoms with van der Waals surface area (Å²) in [5.41, 5.74) is 10.9. The molecule has 210 valence electrons. The summed E-state index contributed by atoms with van der Waals surface area (Å²) >= 11 is 1.69. The van der Waals surface area contributed by atoms with E-state index >= 15 is 0 Å². The molecule has 0 unspecified atom stereocenters. The van der Waals surface area contributed by atoms with Gasteiger partial charge in [0.2, 0.25) is 5.89 Å². The molecular weight excluding hydrogens is 575 g/mol. The summed E-state index contributed by atoms with van der Waals surface area (Å²) in [6.07, 6.45) is 0. The number of nitrogens with zero attached hydrogens (tertiary/aromatic N) is 3. The number of fused-ring (bicyclic) bond motifs is 5. The molecule has 0 atom stereocenters. The molecule has 0 amide bonds. The maximum absolute atomic E-state index is 9.35. The molecule has 0 saturated carbocycles. The highest BCUT2D eigenvalue weighted by molar-refractivity contribution is 7.21. The van der Waals surface area contributed by atoms with Crippen molar-refractivity contribution in [3.8, 4) is 50.3 Å². The minimum atomic E-state index is 0.581. The molecule has 0 aliphatic carbocycles. The van der Waals surface area contributed by atoms with Crippen LogP contribution in [0.1, 0.15) is 5.56 Å². The molecule has 0 fully saturated rings. The van der Waals surface area contributed by atoms with E-state index in [0.29, 0.717) is 17.0 Å². The second kappa shape index (κ2) is 10.0. The second-order valence-corrected chi connectivity index (χ2v) is 12.0. The summed E-state index contributed by atoms with van der Waals surface area (Å²) in [5, 5.41) is 12.3. The largest absolute Gasteiger partial charge is 0.456 e. The molecule has 0 aliphatic heterocycles. The molecule has 0 saturated heterocycles. The van der Waals surface area contributed by atoms with Gasteiger partial charge in [-0.15, -0.1) is 11.3 Å². The number of para-hydroxylation sites is 3. The zero-order valence-corrected chi connectivity index (χ0v) is 24.5. The van der Waals surface area contributed by atoms with Crippen LogP contribution in [0.25, 0.3) is 87.5 Å². The van der Waals surface area contributed by atoms with E-state index in [1.807, 2.05) is 48.5 Å². The predicted octanol–water partition coefficient (Wildman–Crippen LogP) is 10.9. The smallest absolute Gasteiger partial charge is 0.227 e. The van der Waals surface area contributed by atoms with E-state index in [-0.39, 0.29) is 0 Å². The highest BCUT2D eigenvalue weighted by Gasteiger charge is 2.15. The third-order valence-electron chi connectivity index (χ3n) is 8.17. The Labute approximate surface area is 261 Å². The standard InChI is InChI=1S/C39H21N3O2S/c40-22-23-9-15-30-31-16-14-26(21-36(31)43-35(30)17-23)28-18-27(19-29(20-28)39-42-33-6-2-4-8-37(33)45-39)24-10-12-25(13-11-24)38-41-32-5-1-3-7-34(32)44-38/h1-21H. The van der Waals surface area contributed by atoms with Crippen LogP contribution in [-0.4, -0.2) is 9.97 Å². The average Bonchev–Trinajstić information content (AvgIpc) is 3.82. The van der Waals surface area contributed by atoms with E-state index in [1.54, 1.807) is 17.4 Å². The van der Waals surface area contributed by atoms with E-state index in [9.17, 15) is 5.26 Å². The van der Waals surface area contributed by atoms with Crippen LogP contribution < -0.4 is 0 Å². The van der Waals surface area contributed by atoms with Crippen molar-refractivity contribution >= 4 is 54.6 Å². The Morgan fingerprint density at radius 3 is 1.98 bits per heavy atom. The number of furan rings is 1. The van der Waals surface area contributed by atoms with E-state index in [4.69, 9.17) is 13.8 Å². The highest BCUT2D eigenvalue weighted by Crippen LogP contribution is 2.39. The van der Waals surface area contributed by atoms with Crippen molar-refractivity contribution < 1.29 is 8.83 Å². The lowest BCUT2D eigenvalue weighted by atomic mass is 9.95. The SMILES string of the molecule is N#Cc1ccc2c(c1)oc1cc(-c3cc(-c4ccc(-c5nc6ccccc6o5)cc4)cc(-c4nc5ccccc5s4)c3)ccc12. The molecule has 0 radical (unpaired) electrons. The minimum absolute atomic E-state index is 0.581. The predicted molar refractivity (Wildman–Crippen MR) is 181 cm³/mol. The van der Waals surface area contributed by atoms with Crippen molar-refractivity contribution in [1.82, 2.24) is 9.97 Å². The van der Waals surface area contributed by atoms with Gasteiger partial charge in [0.25, 0.3) is 0 Å². The number of oxazole rings is 1. The van der Waals surface area contributed by atoms with Gasteiger partial charge in [0, 0.05) is 21.9 Å². The van der Waals surface area contributed by atoms with Crippen LogP contribution in [0.2, 0.25) is 0 Å². The Morgan fingerprint density at radius 2 is 1.18 bits per heavy atom. The van der Waals surface area contributed by atoms with Gasteiger partial charge in [-0.25, -0.2) is 9.97 Å². The van der Waals surface area contributed by atoms with E-state index < -0.39 is 0 Å². The summed E-state index contributed by atoms with van der Waals surface area (Å²) in [5.74, 6) is 0.604. The van der Waals surface area contributed by atoms with Crippen LogP contribution in [0.3, 0.4) is 0 Å². The van der Waals surface area contributed by atoms with Crippen molar-refractivity contribution in [3.05, 3.63) is 133 Å². The first kappa shape index (κ1) is 25.5. The van der Waals surface area contributed by atoms with Crippen LogP contribution in [0.4, 0.5) is 0 Å². The number of benzene rings is 6. The molecule has 9 rings (SSSR count). The Hall–Kier alpha value is -6.03. The Kier molecular flexibility index (Phi) is 5.67. The van der Waals surface area contributed by atoms with Crippen LogP contribution >= 0.6 is 11.3 Å². The van der Waals surface area contributed by atoms with Crippen molar-refractivity contribution in [2.75, 3.05) is 0 Å². The first-order chi connectivity index (χ1) is 22.2. The molecular formula is C39H21N3O2S. The Balaban J connectivity index is 1.17. The lowest BCUT2D eigenvalue weighted by molar-refractivity contribution is 0.620. The number of nitriles is 1. The maximum atomic E-state index is 9.35. The monoisotopic (exact) mass is 595 g/mol. The molecule has 5 nitrogen and oxygen atoms in total. The number of aromatic nitrogens is 2. The van der Waals surface area contributed by atoms with Crippen LogP contribution in [-0.2, 0) is 0 Å². The lowest BCUT2D eigenvalue weighted by Gasteiger charge is -2.10. The van der Waals surface area contributed by atoms with Crippen molar-refractivity contribution in [2.45, 2.75) is 0 Å². The molecule has 0 spiro atoms. The van der Waals surface area contributed by atoms with Gasteiger partial charge in [0.05, 0.1) is 21.8 Å². The molecule has 0 N–H and O–H groups in total.